The zero-order valence-corrected chi connectivity index (χ0v) is 16.1. The summed E-state index contributed by atoms with van der Waals surface area (Å²) >= 11 is 12.2. The maximum atomic E-state index is 13.3. The van der Waals surface area contributed by atoms with Crippen molar-refractivity contribution in [1.29, 1.82) is 0 Å². The Kier molecular flexibility index (Phi) is 6.49. The predicted molar refractivity (Wildman–Crippen MR) is 109 cm³/mol. The molecule has 0 bridgehead atoms. The number of anilines is 1. The molecule has 0 aliphatic heterocycles. The van der Waals surface area contributed by atoms with E-state index < -0.39 is 0 Å². The molecule has 0 aromatic heterocycles. The van der Waals surface area contributed by atoms with Gasteiger partial charge < -0.3 is 4.90 Å². The summed E-state index contributed by atoms with van der Waals surface area (Å²) in [6.07, 6.45) is 1.60. The monoisotopic (exact) mass is 401 g/mol. The second kappa shape index (κ2) is 9.03. The van der Waals surface area contributed by atoms with E-state index in [0.717, 1.165) is 12.8 Å². The summed E-state index contributed by atoms with van der Waals surface area (Å²) in [6, 6.07) is 20.7. The third-order valence-corrected chi connectivity index (χ3v) is 4.78. The normalized spacial score (nSPS) is 10.6. The highest BCUT2D eigenvalue weighted by Gasteiger charge is 2.20. The summed E-state index contributed by atoms with van der Waals surface area (Å²) in [5.41, 5.74) is 2.19. The largest absolute Gasteiger partial charge is 0.308 e. The number of rotatable bonds is 6. The molecule has 5 heteroatoms. The highest BCUT2D eigenvalue weighted by molar-refractivity contribution is 6.37. The van der Waals surface area contributed by atoms with Gasteiger partial charge in [0.25, 0.3) is 5.91 Å². The van der Waals surface area contributed by atoms with E-state index in [-0.39, 0.29) is 11.7 Å². The Labute approximate surface area is 168 Å². The number of hydrogen-bond acceptors (Lipinski definition) is 1. The number of carbonyl (C=O) groups excluding carboxylic acids is 1. The van der Waals surface area contributed by atoms with Crippen molar-refractivity contribution in [3.8, 4) is 0 Å². The van der Waals surface area contributed by atoms with E-state index in [2.05, 4.69) is 12.1 Å². The summed E-state index contributed by atoms with van der Waals surface area (Å²) < 4.78 is 13.3. The van der Waals surface area contributed by atoms with Crippen molar-refractivity contribution in [3.63, 3.8) is 0 Å². The van der Waals surface area contributed by atoms with Gasteiger partial charge in [0.1, 0.15) is 5.82 Å². The van der Waals surface area contributed by atoms with Crippen molar-refractivity contribution >= 4 is 34.8 Å². The molecule has 0 unspecified atom stereocenters. The maximum Gasteiger partial charge on any atom is 0.259 e. The Morgan fingerprint density at radius 2 is 1.63 bits per heavy atom. The second-order valence-corrected chi connectivity index (χ2v) is 6.99. The van der Waals surface area contributed by atoms with Crippen LogP contribution in [0.15, 0.2) is 72.8 Å². The number of nitrogens with zero attached hydrogens (tertiary/aromatic N) is 1. The Hall–Kier alpha value is -2.36. The summed E-state index contributed by atoms with van der Waals surface area (Å²) in [5.74, 6) is -0.587. The summed E-state index contributed by atoms with van der Waals surface area (Å²) in [6.45, 7) is 0.484. The highest BCUT2D eigenvalue weighted by atomic mass is 35.5. The van der Waals surface area contributed by atoms with Crippen LogP contribution in [0.2, 0.25) is 10.0 Å². The minimum Gasteiger partial charge on any atom is -0.308 e. The van der Waals surface area contributed by atoms with Crippen LogP contribution < -0.4 is 4.90 Å². The average molecular weight is 402 g/mol. The van der Waals surface area contributed by atoms with Crippen molar-refractivity contribution in [2.75, 3.05) is 11.4 Å². The molecule has 0 N–H and O–H groups in total. The molecule has 0 radical (unpaired) electrons. The molecule has 138 valence electrons. The van der Waals surface area contributed by atoms with Crippen LogP contribution in [0.4, 0.5) is 10.1 Å². The molecular formula is C22H18Cl2FNO. The first kappa shape index (κ1) is 19.4. The van der Waals surface area contributed by atoms with Crippen LogP contribution in [0.5, 0.6) is 0 Å². The minimum absolute atomic E-state index is 0.240. The van der Waals surface area contributed by atoms with Crippen molar-refractivity contribution in [3.05, 3.63) is 99.8 Å². The molecule has 3 rings (SSSR count). The van der Waals surface area contributed by atoms with Gasteiger partial charge in [0.15, 0.2) is 0 Å². The number of hydrogen-bond donors (Lipinski definition) is 0. The molecule has 0 atom stereocenters. The Balaban J connectivity index is 1.82. The molecule has 3 aromatic carbocycles. The Morgan fingerprint density at radius 1 is 0.926 bits per heavy atom. The van der Waals surface area contributed by atoms with Gasteiger partial charge in [-0.1, -0.05) is 53.5 Å². The predicted octanol–water partition coefficient (Wildman–Crippen LogP) is 6.41. The molecule has 0 spiro atoms. The smallest absolute Gasteiger partial charge is 0.259 e. The van der Waals surface area contributed by atoms with Gasteiger partial charge in [-0.05, 0) is 60.9 Å². The molecule has 0 saturated carbocycles. The van der Waals surface area contributed by atoms with Gasteiger partial charge in [-0.25, -0.2) is 4.39 Å². The standard InChI is InChI=1S/C22H18Cl2FNO/c23-17-8-13-20(21(24)15-17)22(27)26(19-11-9-18(25)10-12-19)14-4-7-16-5-2-1-3-6-16/h1-3,5-6,8-13,15H,4,7,14H2. The summed E-state index contributed by atoms with van der Waals surface area (Å²) in [7, 11) is 0. The molecule has 1 amide bonds. The lowest BCUT2D eigenvalue weighted by atomic mass is 10.1. The molecule has 0 fully saturated rings. The molecule has 0 saturated heterocycles. The molecule has 0 aliphatic rings. The topological polar surface area (TPSA) is 20.3 Å². The first-order chi connectivity index (χ1) is 13.0. The third-order valence-electron chi connectivity index (χ3n) is 4.23. The zero-order chi connectivity index (χ0) is 19.2. The lowest BCUT2D eigenvalue weighted by molar-refractivity contribution is 0.0986. The Bertz CT molecular complexity index is 913. The lowest BCUT2D eigenvalue weighted by Gasteiger charge is -2.23. The molecule has 0 heterocycles. The molecule has 3 aromatic rings. The van der Waals surface area contributed by atoms with Crippen LogP contribution in [-0.4, -0.2) is 12.5 Å². The van der Waals surface area contributed by atoms with Crippen molar-refractivity contribution in [1.82, 2.24) is 0 Å². The number of aryl methyl sites for hydroxylation is 1. The third kappa shape index (κ3) is 5.09. The first-order valence-electron chi connectivity index (χ1n) is 8.61. The number of amides is 1. The van der Waals surface area contributed by atoms with Gasteiger partial charge in [-0.2, -0.15) is 0 Å². The molecular weight excluding hydrogens is 384 g/mol. The molecule has 27 heavy (non-hydrogen) atoms. The van der Waals surface area contributed by atoms with Crippen molar-refractivity contribution < 1.29 is 9.18 Å². The average Bonchev–Trinajstić information content (AvgIpc) is 2.67. The van der Waals surface area contributed by atoms with Crippen LogP contribution in [0.1, 0.15) is 22.3 Å². The minimum atomic E-state index is -0.347. The van der Waals surface area contributed by atoms with E-state index in [1.54, 1.807) is 35.2 Å². The SMILES string of the molecule is O=C(c1ccc(Cl)cc1Cl)N(CCCc1ccccc1)c1ccc(F)cc1. The first-order valence-corrected chi connectivity index (χ1v) is 9.36. The van der Waals surface area contributed by atoms with Gasteiger partial charge in [-0.15, -0.1) is 0 Å². The van der Waals surface area contributed by atoms with Gasteiger partial charge in [0.05, 0.1) is 10.6 Å². The fourth-order valence-corrected chi connectivity index (χ4v) is 3.35. The number of carbonyl (C=O) groups is 1. The van der Waals surface area contributed by atoms with Crippen LogP contribution >= 0.6 is 23.2 Å². The van der Waals surface area contributed by atoms with Gasteiger partial charge in [-0.3, -0.25) is 4.79 Å². The number of halogens is 3. The maximum absolute atomic E-state index is 13.3. The van der Waals surface area contributed by atoms with Crippen LogP contribution in [0, 0.1) is 5.82 Å². The van der Waals surface area contributed by atoms with Gasteiger partial charge in [0, 0.05) is 17.3 Å². The van der Waals surface area contributed by atoms with Crippen molar-refractivity contribution in [2.45, 2.75) is 12.8 Å². The number of benzene rings is 3. The van der Waals surface area contributed by atoms with Crippen LogP contribution in [0.25, 0.3) is 0 Å². The quantitative estimate of drug-likeness (QED) is 0.466. The fraction of sp³-hybridized carbons (Fsp3) is 0.136. The second-order valence-electron chi connectivity index (χ2n) is 6.15. The summed E-state index contributed by atoms with van der Waals surface area (Å²) in [5, 5.41) is 0.761. The van der Waals surface area contributed by atoms with Crippen molar-refractivity contribution in [2.24, 2.45) is 0 Å². The fourth-order valence-electron chi connectivity index (χ4n) is 2.86. The van der Waals surface area contributed by atoms with Gasteiger partial charge in [0.2, 0.25) is 0 Å². The van der Waals surface area contributed by atoms with E-state index in [4.69, 9.17) is 23.2 Å². The Morgan fingerprint density at radius 3 is 2.30 bits per heavy atom. The molecule has 0 aliphatic carbocycles. The zero-order valence-electron chi connectivity index (χ0n) is 14.5. The van der Waals surface area contributed by atoms with E-state index in [1.165, 1.54) is 17.7 Å². The highest BCUT2D eigenvalue weighted by Crippen LogP contribution is 2.25. The summed E-state index contributed by atoms with van der Waals surface area (Å²) in [4.78, 5) is 14.7. The van der Waals surface area contributed by atoms with Crippen LogP contribution in [0.3, 0.4) is 0 Å². The van der Waals surface area contributed by atoms with Crippen LogP contribution in [-0.2, 0) is 6.42 Å². The van der Waals surface area contributed by atoms with Gasteiger partial charge >= 0.3 is 0 Å². The van der Waals surface area contributed by atoms with E-state index in [9.17, 15) is 9.18 Å². The molecule has 2 nitrogen and oxygen atoms in total. The lowest BCUT2D eigenvalue weighted by Crippen LogP contribution is -2.32. The van der Waals surface area contributed by atoms with E-state index in [0.29, 0.717) is 27.8 Å². The van der Waals surface area contributed by atoms with E-state index in [1.807, 2.05) is 18.2 Å². The van der Waals surface area contributed by atoms with E-state index >= 15 is 0 Å².